The predicted octanol–water partition coefficient (Wildman–Crippen LogP) is 3.12. The molecule has 1 aliphatic rings. The zero-order valence-corrected chi connectivity index (χ0v) is 14.4. The molecule has 134 valence electrons. The Morgan fingerprint density at radius 1 is 1.29 bits per heavy atom. The lowest BCUT2D eigenvalue weighted by molar-refractivity contribution is -0.137. The van der Waals surface area contributed by atoms with E-state index in [1.165, 1.54) is 17.0 Å². The first kappa shape index (κ1) is 19.1. The number of unbranched alkanes of at least 4 members (excludes halogenated alkanes) is 1. The summed E-state index contributed by atoms with van der Waals surface area (Å²) in [5.74, 6) is -0.300. The Kier molecular flexibility index (Phi) is 5.51. The van der Waals surface area contributed by atoms with Crippen LogP contribution in [0.15, 0.2) is 24.3 Å². The second-order valence-corrected chi connectivity index (χ2v) is 6.71. The van der Waals surface area contributed by atoms with Gasteiger partial charge in [0.05, 0.1) is 11.1 Å². The van der Waals surface area contributed by atoms with Gasteiger partial charge in [0.2, 0.25) is 5.91 Å². The van der Waals surface area contributed by atoms with Crippen LogP contribution in [0.25, 0.3) is 0 Å². The Labute approximate surface area is 144 Å². The topological polar surface area (TPSA) is 43.8 Å². The molecule has 2 rings (SSSR count). The van der Waals surface area contributed by atoms with Crippen molar-refractivity contribution in [2.75, 3.05) is 18.1 Å². The van der Waals surface area contributed by atoms with E-state index in [1.807, 2.05) is 4.90 Å². The van der Waals surface area contributed by atoms with E-state index < -0.39 is 22.8 Å². The largest absolute Gasteiger partial charge is 0.416 e. The fourth-order valence-electron chi connectivity index (χ4n) is 2.82. The van der Waals surface area contributed by atoms with Crippen molar-refractivity contribution >= 4 is 24.2 Å². The van der Waals surface area contributed by atoms with Gasteiger partial charge in [0.15, 0.2) is 0 Å². The van der Waals surface area contributed by atoms with Crippen LogP contribution >= 0.6 is 12.6 Å². The fourth-order valence-corrected chi connectivity index (χ4v) is 3.46. The van der Waals surface area contributed by atoms with Gasteiger partial charge < -0.3 is 5.11 Å². The summed E-state index contributed by atoms with van der Waals surface area (Å²) in [5, 5.41) is 8.90. The molecule has 0 saturated carbocycles. The summed E-state index contributed by atoms with van der Waals surface area (Å²) in [6.07, 6.45) is -3.22. The summed E-state index contributed by atoms with van der Waals surface area (Å²) in [6, 6.07) is 4.70. The van der Waals surface area contributed by atoms with Crippen molar-refractivity contribution in [2.24, 2.45) is 0 Å². The molecule has 1 aromatic rings. The van der Waals surface area contributed by atoms with Crippen molar-refractivity contribution < 1.29 is 23.1 Å². The average Bonchev–Trinajstić information content (AvgIpc) is 2.66. The molecule has 8 heteroatoms. The molecule has 0 bridgehead atoms. The lowest BCUT2D eigenvalue weighted by Gasteiger charge is -2.31. The van der Waals surface area contributed by atoms with Gasteiger partial charge in [-0.05, 0) is 44.9 Å². The first-order valence-corrected chi connectivity index (χ1v) is 8.19. The Bertz CT molecular complexity index is 607. The lowest BCUT2D eigenvalue weighted by atomic mass is 10.0. The molecule has 1 atom stereocenters. The van der Waals surface area contributed by atoms with Gasteiger partial charge in [-0.2, -0.15) is 13.2 Å². The third-order valence-corrected chi connectivity index (χ3v) is 4.74. The molecule has 1 aliphatic heterocycles. The Morgan fingerprint density at radius 3 is 2.54 bits per heavy atom. The summed E-state index contributed by atoms with van der Waals surface area (Å²) >= 11 is 4.46. The highest BCUT2D eigenvalue weighted by atomic mass is 32.1. The summed E-state index contributed by atoms with van der Waals surface area (Å²) in [5.41, 5.74) is -2.16. The monoisotopic (exact) mass is 362 g/mol. The molecule has 1 fully saturated rings. The second-order valence-electron chi connectivity index (χ2n) is 6.25. The molecule has 4 nitrogen and oxygen atoms in total. The third kappa shape index (κ3) is 3.55. The average molecular weight is 362 g/mol. The van der Waals surface area contributed by atoms with Gasteiger partial charge in [0.1, 0.15) is 5.50 Å². The highest BCUT2D eigenvalue weighted by molar-refractivity contribution is 7.81. The lowest BCUT2D eigenvalue weighted by Crippen LogP contribution is -2.45. The van der Waals surface area contributed by atoms with Crippen LogP contribution < -0.4 is 4.90 Å². The maximum Gasteiger partial charge on any atom is 0.416 e. The van der Waals surface area contributed by atoms with Gasteiger partial charge in [0, 0.05) is 18.8 Å². The first-order chi connectivity index (χ1) is 11.1. The van der Waals surface area contributed by atoms with Crippen molar-refractivity contribution in [2.45, 2.75) is 43.9 Å². The van der Waals surface area contributed by atoms with E-state index >= 15 is 0 Å². The quantitative estimate of drug-likeness (QED) is 0.625. The zero-order chi connectivity index (χ0) is 18.1. The van der Waals surface area contributed by atoms with Crippen molar-refractivity contribution in [3.63, 3.8) is 0 Å². The molecule has 0 aromatic heterocycles. The van der Waals surface area contributed by atoms with Gasteiger partial charge >= 0.3 is 6.18 Å². The Balaban J connectivity index is 2.32. The molecule has 1 saturated heterocycles. The molecule has 1 heterocycles. The van der Waals surface area contributed by atoms with E-state index in [4.69, 9.17) is 5.11 Å². The van der Waals surface area contributed by atoms with Crippen LogP contribution in [-0.4, -0.2) is 40.1 Å². The minimum atomic E-state index is -4.47. The Hall–Kier alpha value is -1.25. The van der Waals surface area contributed by atoms with Crippen molar-refractivity contribution in [1.29, 1.82) is 0 Å². The number of aliphatic hydroxyl groups is 1. The van der Waals surface area contributed by atoms with Gasteiger partial charge in [0.25, 0.3) is 0 Å². The van der Waals surface area contributed by atoms with Crippen LogP contribution in [0, 0.1) is 0 Å². The van der Waals surface area contributed by atoms with Crippen molar-refractivity contribution in [3.8, 4) is 0 Å². The number of nitrogens with zero attached hydrogens (tertiary/aromatic N) is 2. The van der Waals surface area contributed by atoms with E-state index in [0.717, 1.165) is 12.1 Å². The van der Waals surface area contributed by atoms with Gasteiger partial charge in [-0.1, -0.05) is 6.07 Å². The van der Waals surface area contributed by atoms with Crippen LogP contribution in [0.2, 0.25) is 0 Å². The zero-order valence-electron chi connectivity index (χ0n) is 13.5. The third-order valence-electron chi connectivity index (χ3n) is 4.23. The number of amides is 1. The summed E-state index contributed by atoms with van der Waals surface area (Å²) in [7, 11) is 0. The van der Waals surface area contributed by atoms with Crippen LogP contribution in [0.4, 0.5) is 18.9 Å². The van der Waals surface area contributed by atoms with Crippen LogP contribution in [-0.2, 0) is 11.0 Å². The predicted molar refractivity (Wildman–Crippen MR) is 88.8 cm³/mol. The number of carbonyl (C=O) groups is 1. The number of carbonyl (C=O) groups excluding carboxylic acids is 1. The molecule has 0 aliphatic carbocycles. The van der Waals surface area contributed by atoms with Crippen molar-refractivity contribution in [3.05, 3.63) is 29.8 Å². The molecular formula is C16H21F3N2O2S. The smallest absolute Gasteiger partial charge is 0.396 e. The van der Waals surface area contributed by atoms with Gasteiger partial charge in [-0.25, -0.2) is 0 Å². The summed E-state index contributed by atoms with van der Waals surface area (Å²) in [4.78, 5) is 15.9. The van der Waals surface area contributed by atoms with E-state index in [9.17, 15) is 18.0 Å². The first-order valence-electron chi connectivity index (χ1n) is 7.67. The number of aliphatic hydroxyl groups excluding tert-OH is 1. The van der Waals surface area contributed by atoms with Gasteiger partial charge in [-0.3, -0.25) is 14.6 Å². The maximum absolute atomic E-state index is 12.9. The molecule has 0 radical (unpaired) electrons. The van der Waals surface area contributed by atoms with Crippen LogP contribution in [0.1, 0.15) is 32.3 Å². The number of thiol groups is 1. The van der Waals surface area contributed by atoms with Crippen LogP contribution in [0.3, 0.4) is 0 Å². The van der Waals surface area contributed by atoms with E-state index in [2.05, 4.69) is 12.6 Å². The molecule has 1 amide bonds. The minimum Gasteiger partial charge on any atom is -0.396 e. The number of hydrogen-bond acceptors (Lipinski definition) is 4. The molecule has 1 unspecified atom stereocenters. The van der Waals surface area contributed by atoms with Crippen LogP contribution in [0.5, 0.6) is 0 Å². The minimum absolute atomic E-state index is 0.0524. The second kappa shape index (κ2) is 6.93. The number of hydrogen-bond donors (Lipinski definition) is 2. The molecule has 0 spiro atoms. The summed E-state index contributed by atoms with van der Waals surface area (Å²) < 4.78 is 38.8. The molecular weight excluding hydrogens is 341 g/mol. The number of halogens is 3. The maximum atomic E-state index is 12.9. The number of rotatable bonds is 5. The van der Waals surface area contributed by atoms with Gasteiger partial charge in [-0.15, -0.1) is 12.6 Å². The summed E-state index contributed by atoms with van der Waals surface area (Å²) in [6.45, 7) is 4.02. The SMILES string of the molecule is CC1(C)C(=O)N(c2cccc(C(F)(F)F)c2)C(S)N1CCCCO. The highest BCUT2D eigenvalue weighted by Gasteiger charge is 2.50. The van der Waals surface area contributed by atoms with E-state index in [1.54, 1.807) is 13.8 Å². The fraction of sp³-hybridized carbons (Fsp3) is 0.562. The number of alkyl halides is 3. The number of anilines is 1. The van der Waals surface area contributed by atoms with E-state index in [0.29, 0.717) is 19.4 Å². The normalized spacial score (nSPS) is 21.5. The highest BCUT2D eigenvalue weighted by Crippen LogP contribution is 2.38. The molecule has 1 N–H and O–H groups in total. The standard InChI is InChI=1S/C16H21F3N2O2S/c1-15(2)13(23)21(14(24)20(15)8-3-4-9-22)12-7-5-6-11(10-12)16(17,18)19/h5-7,10,14,22,24H,3-4,8-9H2,1-2H3. The number of benzene rings is 1. The Morgan fingerprint density at radius 2 is 1.96 bits per heavy atom. The van der Waals surface area contributed by atoms with Crippen molar-refractivity contribution in [1.82, 2.24) is 4.90 Å². The molecule has 1 aromatic carbocycles. The van der Waals surface area contributed by atoms with E-state index in [-0.39, 0.29) is 18.2 Å². The molecule has 24 heavy (non-hydrogen) atoms.